The molecule has 3 heterocycles. The molecule has 18 atom stereocenters. The molecular weight excluding hydrogens is 712 g/mol. The van der Waals surface area contributed by atoms with Gasteiger partial charge < -0.3 is 58.9 Å². The van der Waals surface area contributed by atoms with Crippen molar-refractivity contribution in [2.45, 2.75) is 185 Å². The first kappa shape index (κ1) is 46.4. The molecule has 0 spiro atoms. The van der Waals surface area contributed by atoms with Crippen LogP contribution < -0.4 is 0 Å². The standard InChI is InChI=1S/C36H66N4O14/c1-13-25-36(10,46)29(42)22(6)39(11)17-18(2)15-34(8,45)31(54-33-27(41)24(14-19(3)50-33)40(37-47)38-48)20(4)28(21(5)32(44)52-25)53-26-16-35(9,49-12)30(43)23(7)51-26/h18-31,33,41-43,45-46H,13-17H2,1-12H3/t18-,19-,20+,21-,22-,23+,24+,25-,26+,27-,28+,29-,30+,31-,33+,34-,35-,36-/m1/s1. The number of likely N-dealkylation sites (N-methyl/N-ethyl adjacent to an activating group) is 1. The van der Waals surface area contributed by atoms with Crippen LogP contribution in [-0.2, 0) is 33.2 Å². The fourth-order valence-electron chi connectivity index (χ4n) is 8.59. The van der Waals surface area contributed by atoms with E-state index in [1.54, 1.807) is 62.4 Å². The van der Waals surface area contributed by atoms with E-state index in [1.165, 1.54) is 14.0 Å². The van der Waals surface area contributed by atoms with Crippen LogP contribution in [0.3, 0.4) is 0 Å². The molecule has 5 N–H and O–H groups in total. The maximum Gasteiger partial charge on any atom is 0.311 e. The fourth-order valence-corrected chi connectivity index (χ4v) is 8.59. The first-order valence-electron chi connectivity index (χ1n) is 19.0. The molecule has 0 aromatic rings. The highest BCUT2D eigenvalue weighted by Gasteiger charge is 2.53. The molecule has 0 radical (unpaired) electrons. The molecule has 18 nitrogen and oxygen atoms in total. The molecule has 0 aliphatic carbocycles. The number of cyclic esters (lactones) is 1. The van der Waals surface area contributed by atoms with Gasteiger partial charge in [0, 0.05) is 38.5 Å². The highest BCUT2D eigenvalue weighted by Crippen LogP contribution is 2.40. The first-order chi connectivity index (χ1) is 25.0. The number of nitroso groups, excluding NO2 is 2. The van der Waals surface area contributed by atoms with Gasteiger partial charge in [0.15, 0.2) is 12.6 Å². The Kier molecular flexibility index (Phi) is 15.9. The van der Waals surface area contributed by atoms with Crippen molar-refractivity contribution in [3.63, 3.8) is 0 Å². The van der Waals surface area contributed by atoms with Gasteiger partial charge in [-0.2, -0.15) is 0 Å². The van der Waals surface area contributed by atoms with E-state index in [9.17, 15) is 40.1 Å². The number of aliphatic hydroxyl groups is 5. The smallest absolute Gasteiger partial charge is 0.311 e. The summed E-state index contributed by atoms with van der Waals surface area (Å²) >= 11 is 0. The largest absolute Gasteiger partial charge is 0.459 e. The van der Waals surface area contributed by atoms with Crippen LogP contribution in [0.2, 0.25) is 0 Å². The third-order valence-corrected chi connectivity index (χ3v) is 12.0. The number of esters is 1. The zero-order chi connectivity index (χ0) is 41.1. The third-order valence-electron chi connectivity index (χ3n) is 12.0. The second-order valence-corrected chi connectivity index (χ2v) is 16.7. The zero-order valence-corrected chi connectivity index (χ0v) is 33.9. The van der Waals surface area contributed by atoms with E-state index < -0.39 is 108 Å². The summed E-state index contributed by atoms with van der Waals surface area (Å²) in [6.07, 6.45) is -11.1. The summed E-state index contributed by atoms with van der Waals surface area (Å²) in [4.78, 5) is 38.9. The lowest BCUT2D eigenvalue weighted by molar-refractivity contribution is -0.318. The van der Waals surface area contributed by atoms with Crippen molar-refractivity contribution in [3.8, 4) is 0 Å². The summed E-state index contributed by atoms with van der Waals surface area (Å²) in [6, 6.07) is -1.81. The van der Waals surface area contributed by atoms with Crippen molar-refractivity contribution in [3.05, 3.63) is 9.81 Å². The van der Waals surface area contributed by atoms with Crippen molar-refractivity contribution in [1.82, 2.24) is 10.0 Å². The minimum atomic E-state index is -1.86. The van der Waals surface area contributed by atoms with Crippen molar-refractivity contribution < 1.29 is 58.7 Å². The van der Waals surface area contributed by atoms with E-state index in [0.29, 0.717) is 11.7 Å². The van der Waals surface area contributed by atoms with Gasteiger partial charge in [-0.3, -0.25) is 4.79 Å². The Balaban J connectivity index is 2.19. The topological polar surface area (TPSA) is 239 Å². The molecule has 3 aliphatic heterocycles. The molecule has 0 unspecified atom stereocenters. The van der Waals surface area contributed by atoms with Gasteiger partial charge in [-0.05, 0) is 74.3 Å². The number of ether oxygens (including phenoxy) is 6. The van der Waals surface area contributed by atoms with Crippen LogP contribution in [0.25, 0.3) is 0 Å². The SMILES string of the molecule is CC[C@H]1OC(=O)[C@H](C)[C@@H](O[C@H]2C[C@@](C)(OC)[C@@H](O)[C@H](C)O2)[C@H](C)[C@@H](O[C@@H]2O[C@H](C)C[C@H](N(N=O)N=O)[C@H]2O)[C@](C)(O)C[C@@H](C)CN(C)[C@H](C)[C@@H](O)[C@]1(C)O. The van der Waals surface area contributed by atoms with E-state index in [-0.39, 0.29) is 31.6 Å². The molecule has 18 heteroatoms. The first-order valence-corrected chi connectivity index (χ1v) is 19.0. The van der Waals surface area contributed by atoms with Gasteiger partial charge in [0.1, 0.15) is 36.1 Å². The minimum Gasteiger partial charge on any atom is -0.459 e. The van der Waals surface area contributed by atoms with Gasteiger partial charge in [0.05, 0.1) is 52.1 Å². The molecule has 3 saturated heterocycles. The Morgan fingerprint density at radius 3 is 2.11 bits per heavy atom. The number of hydrogen-bond donors (Lipinski definition) is 5. The molecule has 0 bridgehead atoms. The van der Waals surface area contributed by atoms with Crippen molar-refractivity contribution in [1.29, 1.82) is 0 Å². The number of carbonyl (C=O) groups is 1. The van der Waals surface area contributed by atoms with Crippen LogP contribution >= 0.6 is 0 Å². The number of aliphatic hydroxyl groups excluding tert-OH is 3. The summed E-state index contributed by atoms with van der Waals surface area (Å²) < 4.78 is 36.9. The lowest BCUT2D eigenvalue weighted by Crippen LogP contribution is -2.60. The molecule has 3 rings (SSSR count). The number of rotatable bonds is 9. The Labute approximate surface area is 318 Å². The Morgan fingerprint density at radius 1 is 0.944 bits per heavy atom. The van der Waals surface area contributed by atoms with E-state index in [4.69, 9.17) is 28.4 Å². The maximum atomic E-state index is 14.2. The number of methoxy groups -OCH3 is 1. The summed E-state index contributed by atoms with van der Waals surface area (Å²) in [5.74, 6) is -3.07. The lowest BCUT2D eigenvalue weighted by Gasteiger charge is -2.48. The average molecular weight is 779 g/mol. The fraction of sp³-hybridized carbons (Fsp3) is 0.972. The summed E-state index contributed by atoms with van der Waals surface area (Å²) in [6.45, 7) is 17.0. The third kappa shape index (κ3) is 10.1. The van der Waals surface area contributed by atoms with Crippen LogP contribution in [0.15, 0.2) is 10.6 Å². The highest BCUT2D eigenvalue weighted by atomic mass is 16.7. The second-order valence-electron chi connectivity index (χ2n) is 16.7. The Hall–Kier alpha value is -1.97. The second kappa shape index (κ2) is 18.5. The van der Waals surface area contributed by atoms with E-state index in [1.807, 2.05) is 11.8 Å². The van der Waals surface area contributed by atoms with E-state index >= 15 is 0 Å². The van der Waals surface area contributed by atoms with Crippen LogP contribution in [0, 0.1) is 27.6 Å². The molecule has 314 valence electrons. The molecule has 0 aromatic heterocycles. The molecule has 0 aromatic carbocycles. The minimum absolute atomic E-state index is 0.0147. The quantitative estimate of drug-likeness (QED) is 0.128. The van der Waals surface area contributed by atoms with Crippen LogP contribution in [0.4, 0.5) is 0 Å². The van der Waals surface area contributed by atoms with E-state index in [2.05, 4.69) is 10.6 Å². The predicted molar refractivity (Wildman–Crippen MR) is 194 cm³/mol. The maximum absolute atomic E-state index is 14.2. The van der Waals surface area contributed by atoms with Crippen LogP contribution in [0.1, 0.15) is 94.9 Å². The number of hydrogen-bond acceptors (Lipinski definition) is 17. The molecule has 0 saturated carbocycles. The summed E-state index contributed by atoms with van der Waals surface area (Å²) in [5.41, 5.74) is -4.68. The molecular formula is C36H66N4O14. The molecule has 3 fully saturated rings. The van der Waals surface area contributed by atoms with Gasteiger partial charge in [-0.1, -0.05) is 20.8 Å². The highest BCUT2D eigenvalue weighted by molar-refractivity contribution is 5.73. The Bertz CT molecular complexity index is 1240. The van der Waals surface area contributed by atoms with Crippen molar-refractivity contribution >= 4 is 5.97 Å². The monoisotopic (exact) mass is 778 g/mol. The van der Waals surface area contributed by atoms with Gasteiger partial charge in [0.25, 0.3) is 0 Å². The van der Waals surface area contributed by atoms with Crippen molar-refractivity contribution in [2.24, 2.45) is 28.3 Å². The number of carbonyl (C=O) groups excluding carboxylic acids is 1. The van der Waals surface area contributed by atoms with Gasteiger partial charge in [-0.15, -0.1) is 14.9 Å². The lowest BCUT2D eigenvalue weighted by atomic mass is 9.77. The predicted octanol–water partition coefficient (Wildman–Crippen LogP) is 2.00. The zero-order valence-electron chi connectivity index (χ0n) is 33.9. The van der Waals surface area contributed by atoms with Crippen LogP contribution in [-0.4, -0.2) is 153 Å². The normalized spacial score (nSPS) is 47.9. The van der Waals surface area contributed by atoms with Gasteiger partial charge >= 0.3 is 5.97 Å². The number of nitrogens with zero attached hydrogens (tertiary/aromatic N) is 4. The Morgan fingerprint density at radius 2 is 1.56 bits per heavy atom. The van der Waals surface area contributed by atoms with Crippen molar-refractivity contribution in [2.75, 3.05) is 20.7 Å². The average Bonchev–Trinajstić information content (AvgIpc) is 3.10. The van der Waals surface area contributed by atoms with Gasteiger partial charge in [-0.25, -0.2) is 0 Å². The summed E-state index contributed by atoms with van der Waals surface area (Å²) in [7, 11) is 3.24. The van der Waals surface area contributed by atoms with Crippen LogP contribution in [0.5, 0.6) is 0 Å². The van der Waals surface area contributed by atoms with E-state index in [0.717, 1.165) is 0 Å². The van der Waals surface area contributed by atoms with Gasteiger partial charge in [0.2, 0.25) is 0 Å². The summed E-state index contributed by atoms with van der Waals surface area (Å²) in [5, 5.41) is 63.5. The molecule has 54 heavy (non-hydrogen) atoms. The molecule has 3 aliphatic rings. The molecule has 0 amide bonds.